The first-order chi connectivity index (χ1) is 12.0. The van der Waals surface area contributed by atoms with Crippen molar-refractivity contribution in [2.24, 2.45) is 0 Å². The highest BCUT2D eigenvalue weighted by atomic mass is 32.1. The molecule has 25 heavy (non-hydrogen) atoms. The van der Waals surface area contributed by atoms with E-state index in [0.29, 0.717) is 13.0 Å². The van der Waals surface area contributed by atoms with Gasteiger partial charge >= 0.3 is 0 Å². The Bertz CT molecular complexity index is 898. The molecule has 0 aliphatic carbocycles. The highest BCUT2D eigenvalue weighted by molar-refractivity contribution is 7.15. The van der Waals surface area contributed by atoms with Crippen molar-refractivity contribution < 1.29 is 4.79 Å². The topological polar surface area (TPSA) is 42.0 Å². The molecule has 1 aromatic heterocycles. The van der Waals surface area contributed by atoms with E-state index >= 15 is 0 Å². The number of nitrogens with zero attached hydrogens (tertiary/aromatic N) is 1. The van der Waals surface area contributed by atoms with Gasteiger partial charge in [0.15, 0.2) is 0 Å². The van der Waals surface area contributed by atoms with Crippen molar-refractivity contribution in [3.05, 3.63) is 75.8 Å². The highest BCUT2D eigenvalue weighted by Crippen LogP contribution is 2.29. The van der Waals surface area contributed by atoms with Crippen LogP contribution in [-0.4, -0.2) is 10.9 Å². The number of rotatable bonds is 5. The van der Waals surface area contributed by atoms with Crippen LogP contribution < -0.4 is 5.32 Å². The van der Waals surface area contributed by atoms with Crippen LogP contribution in [0, 0.1) is 20.8 Å². The molecule has 0 saturated carbocycles. The minimum atomic E-state index is 0.0412. The van der Waals surface area contributed by atoms with Gasteiger partial charge in [-0.05, 0) is 37.5 Å². The Morgan fingerprint density at radius 3 is 2.40 bits per heavy atom. The Morgan fingerprint density at radius 2 is 1.68 bits per heavy atom. The maximum Gasteiger partial charge on any atom is 0.224 e. The van der Waals surface area contributed by atoms with Gasteiger partial charge in [-0.2, -0.15) is 0 Å². The Kier molecular flexibility index (Phi) is 5.29. The van der Waals surface area contributed by atoms with Gasteiger partial charge in [-0.25, -0.2) is 4.98 Å². The monoisotopic (exact) mass is 350 g/mol. The molecule has 3 aromatic rings. The van der Waals surface area contributed by atoms with Crippen LogP contribution in [0.5, 0.6) is 0 Å². The van der Waals surface area contributed by atoms with Gasteiger partial charge in [0.2, 0.25) is 5.91 Å². The SMILES string of the molecule is Cc1ccccc1CC(=O)NCc1sc(-c2ccccc2C)nc1C. The summed E-state index contributed by atoms with van der Waals surface area (Å²) in [7, 11) is 0. The minimum absolute atomic E-state index is 0.0412. The van der Waals surface area contributed by atoms with E-state index in [2.05, 4.69) is 29.4 Å². The summed E-state index contributed by atoms with van der Waals surface area (Å²) in [5.74, 6) is 0.0412. The number of amides is 1. The zero-order valence-corrected chi connectivity index (χ0v) is 15.6. The molecule has 2 aromatic carbocycles. The minimum Gasteiger partial charge on any atom is -0.351 e. The molecule has 3 rings (SSSR count). The summed E-state index contributed by atoms with van der Waals surface area (Å²) in [4.78, 5) is 18.0. The molecule has 0 atom stereocenters. The number of benzene rings is 2. The summed E-state index contributed by atoms with van der Waals surface area (Å²) in [6, 6.07) is 16.2. The van der Waals surface area contributed by atoms with E-state index in [-0.39, 0.29) is 5.91 Å². The third kappa shape index (κ3) is 4.15. The fourth-order valence-electron chi connectivity index (χ4n) is 2.74. The van der Waals surface area contributed by atoms with Crippen molar-refractivity contribution in [2.45, 2.75) is 33.7 Å². The van der Waals surface area contributed by atoms with E-state index in [0.717, 1.165) is 32.3 Å². The van der Waals surface area contributed by atoms with Gasteiger partial charge < -0.3 is 5.32 Å². The lowest BCUT2D eigenvalue weighted by atomic mass is 10.1. The van der Waals surface area contributed by atoms with E-state index in [4.69, 9.17) is 0 Å². The van der Waals surface area contributed by atoms with E-state index in [1.54, 1.807) is 11.3 Å². The maximum atomic E-state index is 12.3. The molecule has 0 bridgehead atoms. The fraction of sp³-hybridized carbons (Fsp3) is 0.238. The van der Waals surface area contributed by atoms with Crippen LogP contribution in [0.15, 0.2) is 48.5 Å². The summed E-state index contributed by atoms with van der Waals surface area (Å²) < 4.78 is 0. The number of hydrogen-bond acceptors (Lipinski definition) is 3. The molecular weight excluding hydrogens is 328 g/mol. The number of carbonyl (C=O) groups excluding carboxylic acids is 1. The Morgan fingerprint density at radius 1 is 1.00 bits per heavy atom. The predicted molar refractivity (Wildman–Crippen MR) is 104 cm³/mol. The predicted octanol–water partition coefficient (Wildman–Crippen LogP) is 4.59. The summed E-state index contributed by atoms with van der Waals surface area (Å²) in [6.45, 7) is 6.65. The largest absolute Gasteiger partial charge is 0.351 e. The number of aryl methyl sites for hydroxylation is 3. The van der Waals surface area contributed by atoms with Gasteiger partial charge in [-0.3, -0.25) is 4.79 Å². The van der Waals surface area contributed by atoms with Gasteiger partial charge in [0.25, 0.3) is 0 Å². The van der Waals surface area contributed by atoms with E-state index in [1.165, 1.54) is 5.56 Å². The zero-order chi connectivity index (χ0) is 17.8. The lowest BCUT2D eigenvalue weighted by molar-refractivity contribution is -0.120. The fourth-order valence-corrected chi connectivity index (χ4v) is 3.84. The lowest BCUT2D eigenvalue weighted by Crippen LogP contribution is -2.24. The first-order valence-corrected chi connectivity index (χ1v) is 9.19. The summed E-state index contributed by atoms with van der Waals surface area (Å²) >= 11 is 1.65. The van der Waals surface area contributed by atoms with Gasteiger partial charge in [-0.15, -0.1) is 11.3 Å². The average Bonchev–Trinajstić information content (AvgIpc) is 2.96. The zero-order valence-electron chi connectivity index (χ0n) is 14.8. The molecule has 0 radical (unpaired) electrons. The molecule has 0 aliphatic rings. The van der Waals surface area contributed by atoms with E-state index in [1.807, 2.05) is 50.2 Å². The smallest absolute Gasteiger partial charge is 0.224 e. The molecule has 0 saturated heterocycles. The third-order valence-corrected chi connectivity index (χ3v) is 5.52. The molecule has 0 fully saturated rings. The van der Waals surface area contributed by atoms with Crippen LogP contribution in [0.3, 0.4) is 0 Å². The highest BCUT2D eigenvalue weighted by Gasteiger charge is 2.12. The number of aromatic nitrogens is 1. The first kappa shape index (κ1) is 17.4. The molecule has 0 unspecified atom stereocenters. The standard InChI is InChI=1S/C21H22N2OS/c1-14-8-4-6-10-17(14)12-20(24)22-13-19-16(3)23-21(25-19)18-11-7-5-9-15(18)2/h4-11H,12-13H2,1-3H3,(H,22,24). The summed E-state index contributed by atoms with van der Waals surface area (Å²) in [5, 5.41) is 4.04. The molecule has 1 heterocycles. The van der Waals surface area contributed by atoms with Crippen LogP contribution in [0.2, 0.25) is 0 Å². The Balaban J connectivity index is 1.67. The van der Waals surface area contributed by atoms with Crippen molar-refractivity contribution in [1.29, 1.82) is 0 Å². The third-order valence-electron chi connectivity index (χ3n) is 4.33. The van der Waals surface area contributed by atoms with E-state index in [9.17, 15) is 4.79 Å². The number of thiazole rings is 1. The second-order valence-corrected chi connectivity index (χ2v) is 7.31. The van der Waals surface area contributed by atoms with E-state index < -0.39 is 0 Å². The Labute approximate surface area is 152 Å². The van der Waals surface area contributed by atoms with Gasteiger partial charge in [0, 0.05) is 10.4 Å². The van der Waals surface area contributed by atoms with Crippen LogP contribution >= 0.6 is 11.3 Å². The first-order valence-electron chi connectivity index (χ1n) is 8.38. The lowest BCUT2D eigenvalue weighted by Gasteiger charge is -2.06. The van der Waals surface area contributed by atoms with Crippen LogP contribution in [0.25, 0.3) is 10.6 Å². The summed E-state index contributed by atoms with van der Waals surface area (Å²) in [5.41, 5.74) is 5.58. The number of carbonyl (C=O) groups is 1. The van der Waals surface area contributed by atoms with Crippen molar-refractivity contribution in [3.8, 4) is 10.6 Å². The molecule has 4 heteroatoms. The van der Waals surface area contributed by atoms with Crippen molar-refractivity contribution >= 4 is 17.2 Å². The van der Waals surface area contributed by atoms with Gasteiger partial charge in [0.1, 0.15) is 5.01 Å². The Hall–Kier alpha value is -2.46. The molecule has 0 aliphatic heterocycles. The van der Waals surface area contributed by atoms with Crippen LogP contribution in [0.1, 0.15) is 27.3 Å². The second kappa shape index (κ2) is 7.62. The quantitative estimate of drug-likeness (QED) is 0.731. The number of nitrogens with one attached hydrogen (secondary N) is 1. The molecule has 128 valence electrons. The number of hydrogen-bond donors (Lipinski definition) is 1. The molecule has 3 nitrogen and oxygen atoms in total. The normalized spacial score (nSPS) is 10.7. The van der Waals surface area contributed by atoms with Gasteiger partial charge in [0.05, 0.1) is 18.7 Å². The van der Waals surface area contributed by atoms with Gasteiger partial charge in [-0.1, -0.05) is 48.5 Å². The van der Waals surface area contributed by atoms with Crippen LogP contribution in [-0.2, 0) is 17.8 Å². The maximum absolute atomic E-state index is 12.3. The van der Waals surface area contributed by atoms with Crippen molar-refractivity contribution in [3.63, 3.8) is 0 Å². The molecular formula is C21H22N2OS. The van der Waals surface area contributed by atoms with Crippen molar-refractivity contribution in [1.82, 2.24) is 10.3 Å². The molecule has 1 N–H and O–H groups in total. The molecule has 1 amide bonds. The molecule has 0 spiro atoms. The second-order valence-electron chi connectivity index (χ2n) is 6.22. The summed E-state index contributed by atoms with van der Waals surface area (Å²) in [6.07, 6.45) is 0.412. The van der Waals surface area contributed by atoms with Crippen LogP contribution in [0.4, 0.5) is 0 Å². The average molecular weight is 350 g/mol. The van der Waals surface area contributed by atoms with Crippen molar-refractivity contribution in [2.75, 3.05) is 0 Å².